The normalized spacial score (nSPS) is 7.94. The van der Waals surface area contributed by atoms with Gasteiger partial charge in [0.15, 0.2) is 0 Å². The van der Waals surface area contributed by atoms with Crippen LogP contribution >= 0.6 is 0 Å². The summed E-state index contributed by atoms with van der Waals surface area (Å²) in [6.07, 6.45) is 3.63. The van der Waals surface area contributed by atoms with Gasteiger partial charge >= 0.3 is 6.29 Å². The summed E-state index contributed by atoms with van der Waals surface area (Å²) in [5, 5.41) is 24.7. The number of hydrogen-bond acceptors (Lipinski definition) is 4. The molecule has 0 aromatic carbocycles. The van der Waals surface area contributed by atoms with E-state index >= 15 is 0 Å². The van der Waals surface area contributed by atoms with Gasteiger partial charge in [0.05, 0.1) is 6.42 Å². The molecule has 0 unspecified atom stereocenters. The molecule has 0 heterocycles. The van der Waals surface area contributed by atoms with Crippen molar-refractivity contribution in [1.82, 2.24) is 0 Å². The fourth-order valence-corrected chi connectivity index (χ4v) is 0.0680. The van der Waals surface area contributed by atoms with Crippen molar-refractivity contribution in [3.63, 3.8) is 0 Å². The zero-order chi connectivity index (χ0) is 14.5. The molecule has 0 aliphatic rings. The van der Waals surface area contributed by atoms with E-state index in [1.165, 1.54) is 20.1 Å². The number of aldehydes is 1. The molecule has 0 aliphatic heterocycles. The van der Waals surface area contributed by atoms with Crippen LogP contribution in [0.5, 0.6) is 0 Å². The lowest BCUT2D eigenvalue weighted by atomic mass is 10.5. The maximum atomic E-state index is 9.44. The van der Waals surface area contributed by atoms with E-state index in [0.29, 0.717) is 19.6 Å². The summed E-state index contributed by atoms with van der Waals surface area (Å²) < 4.78 is 3.32. The highest BCUT2D eigenvalue weighted by atomic mass is 17.1. The summed E-state index contributed by atoms with van der Waals surface area (Å²) in [6, 6.07) is 0. The van der Waals surface area contributed by atoms with Crippen LogP contribution in [-0.4, -0.2) is 35.5 Å². The summed E-state index contributed by atoms with van der Waals surface area (Å²) in [7, 11) is 0. The largest absolute Gasteiger partial charge is 0.463 e. The third-order valence-corrected chi connectivity index (χ3v) is 0.682. The van der Waals surface area contributed by atoms with Crippen molar-refractivity contribution in [1.29, 1.82) is 0 Å². The highest BCUT2D eigenvalue weighted by Crippen LogP contribution is 1.61. The van der Waals surface area contributed by atoms with Gasteiger partial charge in [0.25, 0.3) is 0 Å². The second-order valence-corrected chi connectivity index (χ2v) is 3.03. The van der Waals surface area contributed by atoms with Crippen molar-refractivity contribution < 1.29 is 24.8 Å². The lowest BCUT2D eigenvalue weighted by molar-refractivity contribution is -1.04. The van der Waals surface area contributed by atoms with E-state index in [9.17, 15) is 4.79 Å². The Hall–Kier alpha value is -0.940. The minimum Gasteiger partial charge on any atom is -0.463 e. The van der Waals surface area contributed by atoms with Crippen LogP contribution in [0.1, 0.15) is 53.9 Å². The van der Waals surface area contributed by atoms with Gasteiger partial charge in [-0.2, -0.15) is 4.58 Å². The number of ketones is 1. The SMILES string of the molecule is CC(C)=O.CCC=[O+][O-].CCCO.CCCO. The van der Waals surface area contributed by atoms with Crippen LogP contribution in [0.15, 0.2) is 0 Å². The second-order valence-electron chi connectivity index (χ2n) is 3.03. The zero-order valence-corrected chi connectivity index (χ0v) is 11.7. The third kappa shape index (κ3) is 274. The van der Waals surface area contributed by atoms with E-state index in [1.807, 2.05) is 20.8 Å². The van der Waals surface area contributed by atoms with Crippen molar-refractivity contribution in [3.8, 4) is 0 Å². The average molecular weight is 252 g/mol. The number of aliphatic hydroxyl groups is 2. The van der Waals surface area contributed by atoms with Gasteiger partial charge in [-0.1, -0.05) is 20.8 Å². The van der Waals surface area contributed by atoms with E-state index in [-0.39, 0.29) is 5.78 Å². The number of rotatable bonds is 3. The molecule has 17 heavy (non-hydrogen) atoms. The Morgan fingerprint density at radius 2 is 1.35 bits per heavy atom. The molecular formula is C12H28O5. The van der Waals surface area contributed by atoms with Gasteiger partial charge in [-0.05, 0) is 26.7 Å². The molecule has 0 atom stereocenters. The van der Waals surface area contributed by atoms with Crippen molar-refractivity contribution >= 4 is 12.1 Å². The fraction of sp³-hybridized carbons (Fsp3) is 0.833. The van der Waals surface area contributed by atoms with Crippen LogP contribution in [0.2, 0.25) is 0 Å². The number of Topliss-reactive ketones (excluding diaryl/α,β-unsaturated/α-hetero) is 1. The molecule has 0 aliphatic carbocycles. The Balaban J connectivity index is -0.0000000667. The topological polar surface area (TPSA) is 91.9 Å². The second kappa shape index (κ2) is 36.3. The summed E-state index contributed by atoms with van der Waals surface area (Å²) in [5.41, 5.74) is 0. The minimum atomic E-state index is 0.167. The molecule has 0 saturated carbocycles. The third-order valence-electron chi connectivity index (χ3n) is 0.682. The van der Waals surface area contributed by atoms with Crippen molar-refractivity contribution in [2.24, 2.45) is 0 Å². The molecule has 0 bridgehead atoms. The van der Waals surface area contributed by atoms with Gasteiger partial charge in [-0.25, -0.2) is 0 Å². The van der Waals surface area contributed by atoms with Crippen LogP contribution in [0, 0.1) is 0 Å². The van der Waals surface area contributed by atoms with Crippen LogP contribution in [0.25, 0.3) is 0 Å². The van der Waals surface area contributed by atoms with Crippen LogP contribution < -0.4 is 5.26 Å². The maximum absolute atomic E-state index is 9.44. The maximum Gasteiger partial charge on any atom is 0.318 e. The molecule has 0 saturated heterocycles. The monoisotopic (exact) mass is 252 g/mol. The van der Waals surface area contributed by atoms with Crippen LogP contribution in [0.4, 0.5) is 0 Å². The Bertz CT molecular complexity index is 123. The Morgan fingerprint density at radius 1 is 1.12 bits per heavy atom. The van der Waals surface area contributed by atoms with Crippen molar-refractivity contribution in [3.05, 3.63) is 0 Å². The van der Waals surface area contributed by atoms with E-state index in [1.54, 1.807) is 0 Å². The van der Waals surface area contributed by atoms with E-state index in [0.717, 1.165) is 12.8 Å². The molecule has 0 amide bonds. The quantitative estimate of drug-likeness (QED) is 0.336. The van der Waals surface area contributed by atoms with Crippen molar-refractivity contribution in [2.45, 2.75) is 53.9 Å². The lowest BCUT2D eigenvalue weighted by Gasteiger charge is -1.69. The standard InChI is InChI=1S/C3H6O2.C3H6O.2C3H8O/c1-2-3-5-4;1-3(2)4;2*1-2-3-4/h3H,2H2,1H3;1-2H3;2*4H,2-3H2,1H3. The first-order valence-electron chi connectivity index (χ1n) is 5.77. The lowest BCUT2D eigenvalue weighted by Crippen LogP contribution is -1.95. The smallest absolute Gasteiger partial charge is 0.318 e. The summed E-state index contributed by atoms with van der Waals surface area (Å²) in [4.78, 5) is 9.44. The highest BCUT2D eigenvalue weighted by molar-refractivity contribution is 5.72. The number of aliphatic hydroxyl groups excluding tert-OH is 2. The molecule has 106 valence electrons. The number of carbonyl (C=O) groups excluding carboxylic acids is 2. The first kappa shape index (κ1) is 25.0. The molecule has 5 nitrogen and oxygen atoms in total. The van der Waals surface area contributed by atoms with Gasteiger partial charge in [0.1, 0.15) is 5.78 Å². The molecule has 0 radical (unpaired) electrons. The first-order valence-corrected chi connectivity index (χ1v) is 5.77. The summed E-state index contributed by atoms with van der Waals surface area (Å²) in [6.45, 7) is 9.39. The molecule has 5 heteroatoms. The van der Waals surface area contributed by atoms with Gasteiger partial charge in [-0.15, -0.1) is 0 Å². The molecule has 0 spiro atoms. The predicted molar refractivity (Wildman–Crippen MR) is 67.5 cm³/mol. The molecule has 0 aromatic heterocycles. The van der Waals surface area contributed by atoms with Crippen LogP contribution in [0.3, 0.4) is 0 Å². The van der Waals surface area contributed by atoms with E-state index in [4.69, 9.17) is 15.5 Å². The van der Waals surface area contributed by atoms with Crippen molar-refractivity contribution in [2.75, 3.05) is 13.2 Å². The van der Waals surface area contributed by atoms with Gasteiger partial charge in [0, 0.05) is 13.2 Å². The van der Waals surface area contributed by atoms with Gasteiger partial charge < -0.3 is 20.3 Å². The predicted octanol–water partition coefficient (Wildman–Crippen LogP) is 0.779. The highest BCUT2D eigenvalue weighted by Gasteiger charge is 1.66. The van der Waals surface area contributed by atoms with E-state index in [2.05, 4.69) is 4.58 Å². The summed E-state index contributed by atoms with van der Waals surface area (Å²) in [5.74, 6) is 0.167. The van der Waals surface area contributed by atoms with Gasteiger partial charge in [0.2, 0.25) is 0 Å². The van der Waals surface area contributed by atoms with Crippen LogP contribution in [-0.2, 0) is 9.37 Å². The molecule has 0 aromatic rings. The van der Waals surface area contributed by atoms with E-state index < -0.39 is 0 Å². The fourth-order valence-electron chi connectivity index (χ4n) is 0.0680. The Morgan fingerprint density at radius 3 is 1.35 bits per heavy atom. The van der Waals surface area contributed by atoms with Gasteiger partial charge in [-0.3, -0.25) is 0 Å². The Labute approximate surface area is 105 Å². The minimum absolute atomic E-state index is 0.167. The Kier molecular flexibility index (Phi) is 53.4. The summed E-state index contributed by atoms with van der Waals surface area (Å²) >= 11 is 0. The zero-order valence-electron chi connectivity index (χ0n) is 11.7. The molecule has 0 fully saturated rings. The molecular weight excluding hydrogens is 224 g/mol. The molecule has 2 N–H and O–H groups in total. The number of carbonyl (C=O) groups is 1. The molecule has 0 rings (SSSR count). The first-order chi connectivity index (χ1) is 7.97. The number of hydrogen-bond donors (Lipinski definition) is 2. The average Bonchev–Trinajstić information content (AvgIpc) is 2.30.